The van der Waals surface area contributed by atoms with Gasteiger partial charge in [0.15, 0.2) is 9.84 Å². The van der Waals surface area contributed by atoms with Crippen molar-refractivity contribution >= 4 is 27.3 Å². The maximum atomic E-state index is 13.0. The summed E-state index contributed by atoms with van der Waals surface area (Å²) in [6, 6.07) is 22.9. The molecule has 174 valence electrons. The van der Waals surface area contributed by atoms with Crippen LogP contribution in [0.4, 0.5) is 16.2 Å². The van der Waals surface area contributed by atoms with Crippen molar-refractivity contribution in [2.45, 2.75) is 31.8 Å². The molecule has 0 spiro atoms. The van der Waals surface area contributed by atoms with Crippen LogP contribution in [0.25, 0.3) is 0 Å². The molecule has 1 unspecified atom stereocenters. The summed E-state index contributed by atoms with van der Waals surface area (Å²) >= 11 is 0. The van der Waals surface area contributed by atoms with Gasteiger partial charge in [-0.05, 0) is 62.2 Å². The second kappa shape index (κ2) is 11.0. The van der Waals surface area contributed by atoms with E-state index < -0.39 is 22.0 Å². The first-order valence-electron chi connectivity index (χ1n) is 11.0. The van der Waals surface area contributed by atoms with Crippen LogP contribution < -0.4 is 10.2 Å². The third-order valence-corrected chi connectivity index (χ3v) is 7.20. The molecular formula is C26H30N2O4S. The molecule has 0 bridgehead atoms. The highest BCUT2D eigenvalue weighted by Crippen LogP contribution is 2.26. The fourth-order valence-electron chi connectivity index (χ4n) is 3.63. The Labute approximate surface area is 196 Å². The van der Waals surface area contributed by atoms with Crippen LogP contribution in [0.5, 0.6) is 0 Å². The monoisotopic (exact) mass is 466 g/mol. The number of nitrogens with one attached hydrogen (secondary N) is 1. The summed E-state index contributed by atoms with van der Waals surface area (Å²) in [5.41, 5.74) is 3.20. The Morgan fingerprint density at radius 2 is 1.55 bits per heavy atom. The quantitative estimate of drug-likeness (QED) is 0.444. The molecule has 6 nitrogen and oxygen atoms in total. The standard InChI is InChI=1S/C26H30N2O4S/c1-4-28(5-2)22-16-17-24(20(3)18-22)27-26(29)32-25(21-12-8-6-9-13-21)19-33(30,31)23-14-10-7-11-15-23/h6-18,25H,4-5,19H2,1-3H3,(H,27,29). The van der Waals surface area contributed by atoms with Crippen molar-refractivity contribution < 1.29 is 17.9 Å². The number of hydrogen-bond acceptors (Lipinski definition) is 5. The molecule has 0 saturated heterocycles. The molecule has 0 heterocycles. The molecular weight excluding hydrogens is 436 g/mol. The fraction of sp³-hybridized carbons (Fsp3) is 0.269. The van der Waals surface area contributed by atoms with Crippen molar-refractivity contribution in [2.75, 3.05) is 29.1 Å². The van der Waals surface area contributed by atoms with Crippen LogP contribution in [0, 0.1) is 6.92 Å². The number of carbonyl (C=O) groups excluding carboxylic acids is 1. The predicted octanol–water partition coefficient (Wildman–Crippen LogP) is 5.60. The Hall–Kier alpha value is -3.32. The second-order valence-electron chi connectivity index (χ2n) is 7.70. The number of carbonyl (C=O) groups is 1. The first-order valence-corrected chi connectivity index (χ1v) is 12.6. The smallest absolute Gasteiger partial charge is 0.412 e. The molecule has 7 heteroatoms. The lowest BCUT2D eigenvalue weighted by molar-refractivity contribution is 0.122. The maximum absolute atomic E-state index is 13.0. The van der Waals surface area contributed by atoms with E-state index in [1.54, 1.807) is 42.5 Å². The van der Waals surface area contributed by atoms with Gasteiger partial charge in [0.25, 0.3) is 0 Å². The van der Waals surface area contributed by atoms with Crippen molar-refractivity contribution in [1.82, 2.24) is 0 Å². The van der Waals surface area contributed by atoms with E-state index in [-0.39, 0.29) is 10.6 Å². The third-order valence-electron chi connectivity index (χ3n) is 5.47. The summed E-state index contributed by atoms with van der Waals surface area (Å²) in [6.07, 6.45) is -1.66. The first-order chi connectivity index (χ1) is 15.8. The summed E-state index contributed by atoms with van der Waals surface area (Å²) in [4.78, 5) is 15.2. The lowest BCUT2D eigenvalue weighted by atomic mass is 10.1. The summed E-state index contributed by atoms with van der Waals surface area (Å²) in [6.45, 7) is 7.88. The molecule has 0 saturated carbocycles. The van der Waals surface area contributed by atoms with Crippen molar-refractivity contribution in [3.8, 4) is 0 Å². The average Bonchev–Trinajstić information content (AvgIpc) is 2.82. The zero-order valence-corrected chi connectivity index (χ0v) is 20.0. The Kier molecular flexibility index (Phi) is 8.11. The zero-order chi connectivity index (χ0) is 23.8. The SMILES string of the molecule is CCN(CC)c1ccc(NC(=O)OC(CS(=O)(=O)c2ccccc2)c2ccccc2)c(C)c1. The van der Waals surface area contributed by atoms with Crippen LogP contribution in [0.2, 0.25) is 0 Å². The number of rotatable bonds is 9. The number of benzene rings is 3. The number of ether oxygens (including phenoxy) is 1. The number of sulfone groups is 1. The number of aryl methyl sites for hydroxylation is 1. The number of amides is 1. The number of anilines is 2. The lowest BCUT2D eigenvalue weighted by Crippen LogP contribution is -2.24. The molecule has 0 fully saturated rings. The largest absolute Gasteiger partial charge is 0.440 e. The summed E-state index contributed by atoms with van der Waals surface area (Å²) < 4.78 is 31.5. The van der Waals surface area contributed by atoms with E-state index in [1.807, 2.05) is 31.2 Å². The van der Waals surface area contributed by atoms with Crippen LogP contribution in [-0.4, -0.2) is 33.4 Å². The van der Waals surface area contributed by atoms with E-state index in [2.05, 4.69) is 24.1 Å². The number of nitrogens with zero attached hydrogens (tertiary/aromatic N) is 1. The molecule has 0 aromatic heterocycles. The van der Waals surface area contributed by atoms with E-state index in [1.165, 1.54) is 12.1 Å². The van der Waals surface area contributed by atoms with Gasteiger partial charge in [0.05, 0.1) is 10.6 Å². The van der Waals surface area contributed by atoms with Gasteiger partial charge in [0.1, 0.15) is 6.10 Å². The van der Waals surface area contributed by atoms with Gasteiger partial charge >= 0.3 is 6.09 Å². The lowest BCUT2D eigenvalue weighted by Gasteiger charge is -2.23. The van der Waals surface area contributed by atoms with Gasteiger partial charge in [0.2, 0.25) is 0 Å². The molecule has 0 aliphatic carbocycles. The van der Waals surface area contributed by atoms with Gasteiger partial charge < -0.3 is 9.64 Å². The topological polar surface area (TPSA) is 75.7 Å². The van der Waals surface area contributed by atoms with Crippen LogP contribution in [0.15, 0.2) is 83.8 Å². The van der Waals surface area contributed by atoms with Gasteiger partial charge in [-0.15, -0.1) is 0 Å². The third kappa shape index (κ3) is 6.35. The van der Waals surface area contributed by atoms with Gasteiger partial charge in [-0.1, -0.05) is 48.5 Å². The maximum Gasteiger partial charge on any atom is 0.412 e. The molecule has 3 aromatic carbocycles. The van der Waals surface area contributed by atoms with E-state index >= 15 is 0 Å². The van der Waals surface area contributed by atoms with Crippen LogP contribution >= 0.6 is 0 Å². The van der Waals surface area contributed by atoms with Crippen molar-refractivity contribution in [3.05, 3.63) is 90.0 Å². The Morgan fingerprint density at radius 3 is 2.12 bits per heavy atom. The number of hydrogen-bond donors (Lipinski definition) is 1. The molecule has 0 radical (unpaired) electrons. The molecule has 33 heavy (non-hydrogen) atoms. The van der Waals surface area contributed by atoms with Gasteiger partial charge in [-0.3, -0.25) is 5.32 Å². The highest BCUT2D eigenvalue weighted by atomic mass is 32.2. The van der Waals surface area contributed by atoms with Gasteiger partial charge in [-0.2, -0.15) is 0 Å². The minimum absolute atomic E-state index is 0.192. The second-order valence-corrected chi connectivity index (χ2v) is 9.73. The van der Waals surface area contributed by atoms with Crippen molar-refractivity contribution in [1.29, 1.82) is 0 Å². The van der Waals surface area contributed by atoms with E-state index in [0.29, 0.717) is 11.3 Å². The summed E-state index contributed by atoms with van der Waals surface area (Å²) in [7, 11) is -3.67. The molecule has 1 amide bonds. The Morgan fingerprint density at radius 1 is 0.939 bits per heavy atom. The molecule has 1 N–H and O–H groups in total. The normalized spacial score (nSPS) is 12.1. The highest BCUT2D eigenvalue weighted by Gasteiger charge is 2.26. The summed E-state index contributed by atoms with van der Waals surface area (Å²) in [5.74, 6) is -0.353. The minimum Gasteiger partial charge on any atom is -0.440 e. The van der Waals surface area contributed by atoms with E-state index in [4.69, 9.17) is 4.74 Å². The molecule has 3 aromatic rings. The Balaban J connectivity index is 1.79. The van der Waals surface area contributed by atoms with Crippen LogP contribution in [0.3, 0.4) is 0 Å². The highest BCUT2D eigenvalue weighted by molar-refractivity contribution is 7.91. The van der Waals surface area contributed by atoms with E-state index in [0.717, 1.165) is 24.3 Å². The molecule has 0 aliphatic heterocycles. The first kappa shape index (κ1) is 24.3. The fourth-order valence-corrected chi connectivity index (χ4v) is 5.05. The van der Waals surface area contributed by atoms with E-state index in [9.17, 15) is 13.2 Å². The molecule has 0 aliphatic rings. The van der Waals surface area contributed by atoms with Gasteiger partial charge in [0, 0.05) is 24.5 Å². The van der Waals surface area contributed by atoms with Crippen molar-refractivity contribution in [3.63, 3.8) is 0 Å². The minimum atomic E-state index is -3.67. The van der Waals surface area contributed by atoms with Crippen LogP contribution in [-0.2, 0) is 14.6 Å². The average molecular weight is 467 g/mol. The predicted molar refractivity (Wildman–Crippen MR) is 133 cm³/mol. The molecule has 1 atom stereocenters. The Bertz CT molecular complexity index is 1160. The van der Waals surface area contributed by atoms with Crippen LogP contribution in [0.1, 0.15) is 31.1 Å². The van der Waals surface area contributed by atoms with Gasteiger partial charge in [-0.25, -0.2) is 13.2 Å². The summed E-state index contributed by atoms with van der Waals surface area (Å²) in [5, 5.41) is 2.76. The van der Waals surface area contributed by atoms with Crippen molar-refractivity contribution in [2.24, 2.45) is 0 Å². The zero-order valence-electron chi connectivity index (χ0n) is 19.2. The molecule has 3 rings (SSSR count).